The van der Waals surface area contributed by atoms with E-state index in [9.17, 15) is 9.90 Å². The lowest BCUT2D eigenvalue weighted by molar-refractivity contribution is -0.139. The van der Waals surface area contributed by atoms with Crippen LogP contribution in [0.15, 0.2) is 0 Å². The SMILES string of the molecule is CC1CCN(C(=O)C2CCCC2O)CC1. The highest BCUT2D eigenvalue weighted by Gasteiger charge is 2.35. The molecule has 0 radical (unpaired) electrons. The zero-order chi connectivity index (χ0) is 10.8. The Balaban J connectivity index is 1.90. The molecule has 0 aromatic rings. The van der Waals surface area contributed by atoms with Gasteiger partial charge in [0.1, 0.15) is 0 Å². The minimum atomic E-state index is -0.378. The fourth-order valence-corrected chi connectivity index (χ4v) is 2.69. The van der Waals surface area contributed by atoms with Crippen LogP contribution in [-0.2, 0) is 4.79 Å². The first-order chi connectivity index (χ1) is 7.18. The number of piperidine rings is 1. The molecule has 0 aromatic carbocycles. The minimum Gasteiger partial charge on any atom is -0.392 e. The molecule has 86 valence electrons. The first-order valence-electron chi connectivity index (χ1n) is 6.15. The van der Waals surface area contributed by atoms with Gasteiger partial charge in [-0.2, -0.15) is 0 Å². The molecule has 1 heterocycles. The number of carbonyl (C=O) groups excluding carboxylic acids is 1. The lowest BCUT2D eigenvalue weighted by Crippen LogP contribution is -2.43. The summed E-state index contributed by atoms with van der Waals surface area (Å²) in [5.74, 6) is 0.854. The predicted octanol–water partition coefficient (Wildman–Crippen LogP) is 1.41. The van der Waals surface area contributed by atoms with Gasteiger partial charge in [0.15, 0.2) is 0 Å². The number of aliphatic hydroxyl groups is 1. The average molecular weight is 211 g/mol. The zero-order valence-electron chi connectivity index (χ0n) is 9.48. The monoisotopic (exact) mass is 211 g/mol. The number of rotatable bonds is 1. The van der Waals surface area contributed by atoms with Crippen molar-refractivity contribution >= 4 is 5.91 Å². The zero-order valence-corrected chi connectivity index (χ0v) is 9.48. The van der Waals surface area contributed by atoms with Gasteiger partial charge in [-0.15, -0.1) is 0 Å². The minimum absolute atomic E-state index is 0.0987. The van der Waals surface area contributed by atoms with E-state index in [1.54, 1.807) is 0 Å². The van der Waals surface area contributed by atoms with Gasteiger partial charge in [0, 0.05) is 13.1 Å². The summed E-state index contributed by atoms with van der Waals surface area (Å²) >= 11 is 0. The summed E-state index contributed by atoms with van der Waals surface area (Å²) in [5.41, 5.74) is 0. The first-order valence-corrected chi connectivity index (χ1v) is 6.15. The Bertz CT molecular complexity index is 234. The van der Waals surface area contributed by atoms with E-state index in [1.165, 1.54) is 0 Å². The molecule has 1 aliphatic heterocycles. The van der Waals surface area contributed by atoms with Crippen LogP contribution in [0.2, 0.25) is 0 Å². The number of aliphatic hydroxyl groups excluding tert-OH is 1. The van der Waals surface area contributed by atoms with Crippen LogP contribution >= 0.6 is 0 Å². The third kappa shape index (κ3) is 2.33. The van der Waals surface area contributed by atoms with E-state index < -0.39 is 0 Å². The third-order valence-electron chi connectivity index (χ3n) is 3.89. The maximum atomic E-state index is 12.1. The molecule has 2 unspecified atom stereocenters. The number of amides is 1. The van der Waals surface area contributed by atoms with Gasteiger partial charge in [-0.3, -0.25) is 4.79 Å². The van der Waals surface area contributed by atoms with Crippen LogP contribution in [0, 0.1) is 11.8 Å². The molecule has 1 amide bonds. The number of hydrogen-bond acceptors (Lipinski definition) is 2. The van der Waals surface area contributed by atoms with Gasteiger partial charge in [-0.1, -0.05) is 6.92 Å². The molecule has 3 nitrogen and oxygen atoms in total. The molecule has 3 heteroatoms. The van der Waals surface area contributed by atoms with E-state index in [4.69, 9.17) is 0 Å². The van der Waals surface area contributed by atoms with Gasteiger partial charge in [0.2, 0.25) is 5.91 Å². The van der Waals surface area contributed by atoms with Crippen LogP contribution in [-0.4, -0.2) is 35.1 Å². The lowest BCUT2D eigenvalue weighted by atomic mass is 9.96. The van der Waals surface area contributed by atoms with Crippen LogP contribution in [0.5, 0.6) is 0 Å². The Morgan fingerprint density at radius 2 is 1.87 bits per heavy atom. The Morgan fingerprint density at radius 1 is 1.20 bits per heavy atom. The van der Waals surface area contributed by atoms with Crippen LogP contribution in [0.4, 0.5) is 0 Å². The molecule has 0 aromatic heterocycles. The fraction of sp³-hybridized carbons (Fsp3) is 0.917. The third-order valence-corrected chi connectivity index (χ3v) is 3.89. The van der Waals surface area contributed by atoms with Crippen molar-refractivity contribution in [3.05, 3.63) is 0 Å². The summed E-state index contributed by atoms with van der Waals surface area (Å²) in [6.07, 6.45) is 4.55. The van der Waals surface area contributed by atoms with Gasteiger partial charge in [0.05, 0.1) is 12.0 Å². The lowest BCUT2D eigenvalue weighted by Gasteiger charge is -2.32. The summed E-state index contributed by atoms with van der Waals surface area (Å²) in [6.45, 7) is 4.03. The normalized spacial score (nSPS) is 33.3. The van der Waals surface area contributed by atoms with E-state index in [-0.39, 0.29) is 17.9 Å². The molecule has 1 saturated heterocycles. The molecule has 1 N–H and O–H groups in total. The van der Waals surface area contributed by atoms with Gasteiger partial charge in [-0.05, 0) is 38.0 Å². The molecular formula is C12H21NO2. The summed E-state index contributed by atoms with van der Waals surface area (Å²) in [4.78, 5) is 14.0. The number of hydrogen-bond donors (Lipinski definition) is 1. The summed E-state index contributed by atoms with van der Waals surface area (Å²) in [5, 5.41) is 9.69. The molecule has 1 aliphatic carbocycles. The number of likely N-dealkylation sites (tertiary alicyclic amines) is 1. The maximum Gasteiger partial charge on any atom is 0.228 e. The van der Waals surface area contributed by atoms with Crippen molar-refractivity contribution in [2.45, 2.75) is 45.1 Å². The Hall–Kier alpha value is -0.570. The first kappa shape index (κ1) is 10.9. The number of carbonyl (C=O) groups is 1. The van der Waals surface area contributed by atoms with Crippen LogP contribution in [0.3, 0.4) is 0 Å². The quantitative estimate of drug-likeness (QED) is 0.712. The smallest absolute Gasteiger partial charge is 0.228 e. The van der Waals surface area contributed by atoms with Crippen LogP contribution < -0.4 is 0 Å². The number of nitrogens with zero attached hydrogens (tertiary/aromatic N) is 1. The largest absolute Gasteiger partial charge is 0.392 e. The average Bonchev–Trinajstić information content (AvgIpc) is 2.65. The van der Waals surface area contributed by atoms with E-state index in [2.05, 4.69) is 6.92 Å². The van der Waals surface area contributed by atoms with Crippen molar-refractivity contribution in [2.75, 3.05) is 13.1 Å². The van der Waals surface area contributed by atoms with Crippen LogP contribution in [0.1, 0.15) is 39.0 Å². The molecule has 1 saturated carbocycles. The molecule has 2 fully saturated rings. The van der Waals surface area contributed by atoms with E-state index in [0.29, 0.717) is 0 Å². The standard InChI is InChI=1S/C12H21NO2/c1-9-5-7-13(8-6-9)12(15)10-3-2-4-11(10)14/h9-11,14H,2-8H2,1H3. The molecule has 2 aliphatic rings. The highest BCUT2D eigenvalue weighted by atomic mass is 16.3. The second-order valence-electron chi connectivity index (χ2n) is 5.11. The highest BCUT2D eigenvalue weighted by molar-refractivity contribution is 5.79. The van der Waals surface area contributed by atoms with E-state index >= 15 is 0 Å². The molecule has 15 heavy (non-hydrogen) atoms. The van der Waals surface area contributed by atoms with Gasteiger partial charge >= 0.3 is 0 Å². The van der Waals surface area contributed by atoms with Crippen molar-refractivity contribution in [3.63, 3.8) is 0 Å². The molecule has 0 bridgehead atoms. The van der Waals surface area contributed by atoms with Crippen molar-refractivity contribution in [2.24, 2.45) is 11.8 Å². The Labute approximate surface area is 91.5 Å². The Morgan fingerprint density at radius 3 is 2.40 bits per heavy atom. The van der Waals surface area contributed by atoms with Crippen LogP contribution in [0.25, 0.3) is 0 Å². The maximum absolute atomic E-state index is 12.1. The molecule has 2 atom stereocenters. The summed E-state index contributed by atoms with van der Waals surface area (Å²) < 4.78 is 0. The van der Waals surface area contributed by atoms with E-state index in [1.807, 2.05) is 4.90 Å². The van der Waals surface area contributed by atoms with Gasteiger partial charge in [0.25, 0.3) is 0 Å². The second kappa shape index (κ2) is 4.52. The Kier molecular flexibility index (Phi) is 3.29. The summed E-state index contributed by atoms with van der Waals surface area (Å²) in [6, 6.07) is 0. The summed E-state index contributed by atoms with van der Waals surface area (Å²) in [7, 11) is 0. The fourth-order valence-electron chi connectivity index (χ4n) is 2.69. The second-order valence-corrected chi connectivity index (χ2v) is 5.11. The van der Waals surface area contributed by atoms with Crippen molar-refractivity contribution in [1.29, 1.82) is 0 Å². The molecular weight excluding hydrogens is 190 g/mol. The van der Waals surface area contributed by atoms with Crippen molar-refractivity contribution in [3.8, 4) is 0 Å². The highest BCUT2D eigenvalue weighted by Crippen LogP contribution is 2.28. The van der Waals surface area contributed by atoms with E-state index in [0.717, 1.165) is 51.1 Å². The van der Waals surface area contributed by atoms with Gasteiger partial charge in [-0.25, -0.2) is 0 Å². The van der Waals surface area contributed by atoms with Crippen molar-refractivity contribution < 1.29 is 9.90 Å². The van der Waals surface area contributed by atoms with Crippen molar-refractivity contribution in [1.82, 2.24) is 4.90 Å². The predicted molar refractivity (Wildman–Crippen MR) is 58.3 cm³/mol. The molecule has 2 rings (SSSR count). The topological polar surface area (TPSA) is 40.5 Å². The van der Waals surface area contributed by atoms with Gasteiger partial charge < -0.3 is 10.0 Å². The molecule has 0 spiro atoms.